The molecule has 0 radical (unpaired) electrons. The number of ether oxygens (including phenoxy) is 1. The zero-order valence-corrected chi connectivity index (χ0v) is 12.0. The molecule has 6 heteroatoms. The first-order chi connectivity index (χ1) is 9.60. The maximum absolute atomic E-state index is 13.6. The predicted molar refractivity (Wildman–Crippen MR) is 77.4 cm³/mol. The van der Waals surface area contributed by atoms with Crippen molar-refractivity contribution in [1.29, 1.82) is 0 Å². The third kappa shape index (κ3) is 3.48. The van der Waals surface area contributed by atoms with Gasteiger partial charge >= 0.3 is 0 Å². The number of benzene rings is 2. The summed E-state index contributed by atoms with van der Waals surface area (Å²) in [5.41, 5.74) is 6.91. The van der Waals surface area contributed by atoms with Crippen LogP contribution in [0.4, 0.5) is 4.39 Å². The topological polar surface area (TPSA) is 67.8 Å². The molecule has 0 aromatic heterocycles. The van der Waals surface area contributed by atoms with Crippen LogP contribution in [0.5, 0.6) is 5.75 Å². The van der Waals surface area contributed by atoms with Gasteiger partial charge in [0.05, 0.1) is 0 Å². The van der Waals surface area contributed by atoms with Crippen molar-refractivity contribution in [3.8, 4) is 5.75 Å². The van der Waals surface area contributed by atoms with Crippen molar-refractivity contribution in [3.05, 3.63) is 63.9 Å². The Morgan fingerprint density at radius 1 is 1.25 bits per heavy atom. The molecule has 3 N–H and O–H groups in total. The van der Waals surface area contributed by atoms with Gasteiger partial charge in [0.2, 0.25) is 0 Å². The Bertz CT molecular complexity index is 630. The largest absolute Gasteiger partial charge is 0.486 e. The van der Waals surface area contributed by atoms with Crippen molar-refractivity contribution in [2.24, 2.45) is 10.9 Å². The lowest BCUT2D eigenvalue weighted by atomic mass is 10.1. The summed E-state index contributed by atoms with van der Waals surface area (Å²) in [5, 5.41) is 11.5. The van der Waals surface area contributed by atoms with E-state index in [0.29, 0.717) is 10.0 Å². The van der Waals surface area contributed by atoms with Gasteiger partial charge in [0.25, 0.3) is 0 Å². The van der Waals surface area contributed by atoms with Crippen LogP contribution in [0.25, 0.3) is 0 Å². The van der Waals surface area contributed by atoms with E-state index in [4.69, 9.17) is 15.7 Å². The van der Waals surface area contributed by atoms with Gasteiger partial charge in [0, 0.05) is 10.0 Å². The number of rotatable bonds is 4. The number of nitrogens with two attached hydrogens (primary N) is 1. The zero-order chi connectivity index (χ0) is 14.5. The summed E-state index contributed by atoms with van der Waals surface area (Å²) in [7, 11) is 0. The highest BCUT2D eigenvalue weighted by Gasteiger charge is 2.05. The number of hydrogen-bond acceptors (Lipinski definition) is 3. The predicted octanol–water partition coefficient (Wildman–Crippen LogP) is 3.26. The van der Waals surface area contributed by atoms with Crippen LogP contribution in [0.1, 0.15) is 11.1 Å². The molecule has 2 aromatic carbocycles. The van der Waals surface area contributed by atoms with E-state index < -0.39 is 5.82 Å². The Balaban J connectivity index is 2.04. The third-order valence-corrected chi connectivity index (χ3v) is 3.14. The fourth-order valence-corrected chi connectivity index (χ4v) is 1.92. The molecule has 0 amide bonds. The lowest BCUT2D eigenvalue weighted by Crippen LogP contribution is -2.12. The highest BCUT2D eigenvalue weighted by molar-refractivity contribution is 9.10. The van der Waals surface area contributed by atoms with Crippen LogP contribution in [0.3, 0.4) is 0 Å². The molecule has 4 nitrogen and oxygen atoms in total. The summed E-state index contributed by atoms with van der Waals surface area (Å²) >= 11 is 3.18. The highest BCUT2D eigenvalue weighted by atomic mass is 79.9. The molecule has 0 aliphatic rings. The smallest absolute Gasteiger partial charge is 0.170 e. The van der Waals surface area contributed by atoms with E-state index in [1.165, 1.54) is 6.07 Å². The summed E-state index contributed by atoms with van der Waals surface area (Å²) in [6, 6.07) is 11.5. The van der Waals surface area contributed by atoms with Crippen LogP contribution in [0, 0.1) is 5.82 Å². The average molecular weight is 339 g/mol. The van der Waals surface area contributed by atoms with Gasteiger partial charge in [0.15, 0.2) is 17.4 Å². The van der Waals surface area contributed by atoms with Crippen LogP contribution >= 0.6 is 15.9 Å². The van der Waals surface area contributed by atoms with Crippen molar-refractivity contribution in [1.82, 2.24) is 0 Å². The summed E-state index contributed by atoms with van der Waals surface area (Å²) in [6.07, 6.45) is 0. The van der Waals surface area contributed by atoms with E-state index >= 15 is 0 Å². The molecule has 0 fully saturated rings. The molecule has 2 aromatic rings. The molecule has 0 unspecified atom stereocenters. The average Bonchev–Trinajstić information content (AvgIpc) is 2.46. The summed E-state index contributed by atoms with van der Waals surface area (Å²) in [4.78, 5) is 0. The third-order valence-electron chi connectivity index (χ3n) is 2.65. The van der Waals surface area contributed by atoms with E-state index in [1.807, 2.05) is 0 Å². The van der Waals surface area contributed by atoms with Crippen molar-refractivity contribution < 1.29 is 14.3 Å². The molecule has 0 bridgehead atoms. The van der Waals surface area contributed by atoms with Gasteiger partial charge in [-0.1, -0.05) is 45.4 Å². The van der Waals surface area contributed by atoms with E-state index in [0.717, 1.165) is 5.56 Å². The second kappa shape index (κ2) is 6.38. The first-order valence-corrected chi connectivity index (χ1v) is 6.54. The standard InChI is InChI=1S/C14H12BrFN2O2/c15-11-5-6-13(12(16)7-11)20-8-9-1-3-10(4-2-9)14(17)18-19/h1-7,19H,8H2,(H2,17,18). The number of halogens is 2. The van der Waals surface area contributed by atoms with Gasteiger partial charge in [0.1, 0.15) is 6.61 Å². The molecule has 20 heavy (non-hydrogen) atoms. The Kier molecular flexibility index (Phi) is 4.57. The van der Waals surface area contributed by atoms with E-state index in [2.05, 4.69) is 21.1 Å². The van der Waals surface area contributed by atoms with Crippen LogP contribution in [-0.2, 0) is 6.61 Å². The molecule has 0 spiro atoms. The first-order valence-electron chi connectivity index (χ1n) is 5.75. The second-order valence-electron chi connectivity index (χ2n) is 4.05. The Morgan fingerprint density at radius 3 is 2.55 bits per heavy atom. The van der Waals surface area contributed by atoms with Gasteiger partial charge in [-0.2, -0.15) is 0 Å². The Morgan fingerprint density at radius 2 is 1.95 bits per heavy atom. The first kappa shape index (κ1) is 14.3. The normalized spacial score (nSPS) is 11.4. The van der Waals surface area contributed by atoms with Gasteiger partial charge < -0.3 is 15.7 Å². The molecule has 0 aliphatic carbocycles. The van der Waals surface area contributed by atoms with Gasteiger partial charge in [-0.05, 0) is 23.8 Å². The van der Waals surface area contributed by atoms with Gasteiger partial charge in [-0.25, -0.2) is 4.39 Å². The fourth-order valence-electron chi connectivity index (χ4n) is 1.58. The summed E-state index contributed by atoms with van der Waals surface area (Å²) < 4.78 is 19.6. The maximum Gasteiger partial charge on any atom is 0.170 e. The van der Waals surface area contributed by atoms with Crippen molar-refractivity contribution in [3.63, 3.8) is 0 Å². The Hall–Kier alpha value is -2.08. The number of oxime groups is 1. The minimum absolute atomic E-state index is 0.0384. The number of nitrogens with zero attached hydrogens (tertiary/aromatic N) is 1. The molecule has 0 atom stereocenters. The Labute approximate surface area is 123 Å². The van der Waals surface area contributed by atoms with Crippen molar-refractivity contribution in [2.75, 3.05) is 0 Å². The van der Waals surface area contributed by atoms with Crippen LogP contribution in [0.2, 0.25) is 0 Å². The fraction of sp³-hybridized carbons (Fsp3) is 0.0714. The SMILES string of the molecule is N/C(=N\O)c1ccc(COc2ccc(Br)cc2F)cc1. The van der Waals surface area contributed by atoms with E-state index in [9.17, 15) is 4.39 Å². The quantitative estimate of drug-likeness (QED) is 0.389. The summed E-state index contributed by atoms with van der Waals surface area (Å²) in [5.74, 6) is -0.196. The second-order valence-corrected chi connectivity index (χ2v) is 4.96. The molecule has 0 saturated heterocycles. The molecular formula is C14H12BrFN2O2. The highest BCUT2D eigenvalue weighted by Crippen LogP contribution is 2.22. The van der Waals surface area contributed by atoms with Gasteiger partial charge in [-0.3, -0.25) is 0 Å². The molecular weight excluding hydrogens is 327 g/mol. The lowest BCUT2D eigenvalue weighted by Gasteiger charge is -2.08. The number of hydrogen-bond donors (Lipinski definition) is 2. The maximum atomic E-state index is 13.6. The minimum atomic E-state index is -0.423. The van der Waals surface area contributed by atoms with Gasteiger partial charge in [-0.15, -0.1) is 0 Å². The van der Waals surface area contributed by atoms with E-state index in [1.54, 1.807) is 36.4 Å². The van der Waals surface area contributed by atoms with Crippen molar-refractivity contribution >= 4 is 21.8 Å². The molecule has 2 rings (SSSR count). The van der Waals surface area contributed by atoms with Crippen molar-refractivity contribution in [2.45, 2.75) is 6.61 Å². The summed E-state index contributed by atoms with van der Waals surface area (Å²) in [6.45, 7) is 0.231. The number of amidine groups is 1. The zero-order valence-electron chi connectivity index (χ0n) is 10.4. The monoisotopic (exact) mass is 338 g/mol. The molecule has 0 aliphatic heterocycles. The minimum Gasteiger partial charge on any atom is -0.486 e. The van der Waals surface area contributed by atoms with Crippen LogP contribution in [0.15, 0.2) is 52.1 Å². The van der Waals surface area contributed by atoms with E-state index in [-0.39, 0.29) is 18.2 Å². The van der Waals surface area contributed by atoms with Crippen LogP contribution < -0.4 is 10.5 Å². The molecule has 104 valence electrons. The lowest BCUT2D eigenvalue weighted by molar-refractivity contribution is 0.290. The molecule has 0 saturated carbocycles. The molecule has 0 heterocycles. The van der Waals surface area contributed by atoms with Crippen LogP contribution in [-0.4, -0.2) is 11.0 Å².